The molecule has 1 N–H and O–H groups in total. The summed E-state index contributed by atoms with van der Waals surface area (Å²) >= 11 is 0. The Bertz CT molecular complexity index is 1630. The summed E-state index contributed by atoms with van der Waals surface area (Å²) in [5.41, 5.74) is 2.83. The molecular formula is C24H20N8O2S. The second-order valence-electron chi connectivity index (χ2n) is 8.69. The molecule has 0 aliphatic heterocycles. The van der Waals surface area contributed by atoms with E-state index in [2.05, 4.69) is 31.9 Å². The molecule has 1 aliphatic carbocycles. The van der Waals surface area contributed by atoms with Crippen molar-refractivity contribution in [3.05, 3.63) is 54.9 Å². The van der Waals surface area contributed by atoms with E-state index in [1.807, 2.05) is 24.3 Å². The molecule has 1 aromatic carbocycles. The molecule has 5 rings (SSSR count). The molecule has 1 fully saturated rings. The van der Waals surface area contributed by atoms with Gasteiger partial charge in [-0.3, -0.25) is 9.71 Å². The maximum absolute atomic E-state index is 11.6. The van der Waals surface area contributed by atoms with E-state index in [1.54, 1.807) is 35.4 Å². The van der Waals surface area contributed by atoms with Gasteiger partial charge in [-0.25, -0.2) is 13.4 Å². The van der Waals surface area contributed by atoms with Crippen molar-refractivity contribution in [2.75, 3.05) is 11.0 Å². The number of pyridine rings is 2. The van der Waals surface area contributed by atoms with E-state index in [9.17, 15) is 18.9 Å². The standard InChI is InChI=1S/C24H20N8O2S/c1-35(33,34)31-23-6-2-5-20(29-23)17-10-19(18-4-3-9-27-21(18)11-17)22-15-28-32(30-22)24(7-8-25)12-16(13-24)14-26/h2-6,9-11,15-16H,7,12-13H2,1H3,(H,29,31)/t16-,24+. The van der Waals surface area contributed by atoms with Crippen molar-refractivity contribution in [3.63, 3.8) is 0 Å². The number of nitrogens with zero attached hydrogens (tertiary/aromatic N) is 7. The zero-order chi connectivity index (χ0) is 24.6. The minimum Gasteiger partial charge on any atom is -0.268 e. The van der Waals surface area contributed by atoms with E-state index < -0.39 is 15.6 Å². The van der Waals surface area contributed by atoms with E-state index in [0.717, 1.165) is 28.3 Å². The summed E-state index contributed by atoms with van der Waals surface area (Å²) in [6, 6.07) is 17.1. The Hall–Kier alpha value is -4.35. The van der Waals surface area contributed by atoms with Crippen LogP contribution in [0.5, 0.6) is 0 Å². The highest BCUT2D eigenvalue weighted by molar-refractivity contribution is 7.92. The topological polar surface area (TPSA) is 150 Å². The summed E-state index contributed by atoms with van der Waals surface area (Å²) in [4.78, 5) is 10.5. The fourth-order valence-electron chi connectivity index (χ4n) is 4.47. The normalized spacial score (nSPS) is 19.5. The molecule has 0 bridgehead atoms. The van der Waals surface area contributed by atoms with Gasteiger partial charge < -0.3 is 0 Å². The predicted octanol–water partition coefficient (Wildman–Crippen LogP) is 3.47. The Labute approximate surface area is 201 Å². The molecule has 0 saturated heterocycles. The van der Waals surface area contributed by atoms with Gasteiger partial charge in [-0.1, -0.05) is 12.1 Å². The third-order valence-corrected chi connectivity index (χ3v) is 6.67. The Morgan fingerprint density at radius 2 is 2.00 bits per heavy atom. The van der Waals surface area contributed by atoms with Crippen LogP contribution in [0.3, 0.4) is 0 Å². The molecule has 0 amide bonds. The number of benzene rings is 1. The lowest BCUT2D eigenvalue weighted by Crippen LogP contribution is -2.47. The van der Waals surface area contributed by atoms with Crippen molar-refractivity contribution in [1.82, 2.24) is 25.0 Å². The summed E-state index contributed by atoms with van der Waals surface area (Å²) in [6.45, 7) is 0. The number of hydrogen-bond acceptors (Lipinski definition) is 8. The highest BCUT2D eigenvalue weighted by Gasteiger charge is 2.48. The van der Waals surface area contributed by atoms with Crippen molar-refractivity contribution in [3.8, 4) is 34.7 Å². The summed E-state index contributed by atoms with van der Waals surface area (Å²) < 4.78 is 25.7. The molecule has 174 valence electrons. The van der Waals surface area contributed by atoms with Gasteiger partial charge in [0, 0.05) is 22.7 Å². The maximum atomic E-state index is 11.6. The number of nitriles is 2. The van der Waals surface area contributed by atoms with Gasteiger partial charge in [0.15, 0.2) is 0 Å². The van der Waals surface area contributed by atoms with Gasteiger partial charge in [0.2, 0.25) is 10.0 Å². The zero-order valence-corrected chi connectivity index (χ0v) is 19.6. The molecule has 10 nitrogen and oxygen atoms in total. The van der Waals surface area contributed by atoms with E-state index in [0.29, 0.717) is 24.2 Å². The number of aromatic nitrogens is 5. The van der Waals surface area contributed by atoms with Crippen LogP contribution in [0.2, 0.25) is 0 Å². The van der Waals surface area contributed by atoms with E-state index in [-0.39, 0.29) is 18.2 Å². The van der Waals surface area contributed by atoms with Gasteiger partial charge in [-0.2, -0.15) is 25.5 Å². The summed E-state index contributed by atoms with van der Waals surface area (Å²) in [5, 5.41) is 28.6. The van der Waals surface area contributed by atoms with Crippen molar-refractivity contribution in [1.29, 1.82) is 10.5 Å². The second-order valence-corrected chi connectivity index (χ2v) is 10.4. The van der Waals surface area contributed by atoms with E-state index >= 15 is 0 Å². The fourth-order valence-corrected chi connectivity index (χ4v) is 4.97. The van der Waals surface area contributed by atoms with Gasteiger partial charge in [0.1, 0.15) is 11.5 Å². The van der Waals surface area contributed by atoms with Crippen molar-refractivity contribution >= 4 is 26.7 Å². The monoisotopic (exact) mass is 484 g/mol. The smallest absolute Gasteiger partial charge is 0.230 e. The second kappa shape index (κ2) is 8.46. The minimum absolute atomic E-state index is 0.106. The Morgan fingerprint density at radius 3 is 2.74 bits per heavy atom. The van der Waals surface area contributed by atoms with Gasteiger partial charge in [-0.15, -0.1) is 0 Å². The first-order chi connectivity index (χ1) is 16.8. The molecule has 11 heteroatoms. The highest BCUT2D eigenvalue weighted by atomic mass is 32.2. The molecule has 0 atom stereocenters. The van der Waals surface area contributed by atoms with Crippen LogP contribution in [0.15, 0.2) is 54.9 Å². The number of rotatable bonds is 6. The SMILES string of the molecule is CS(=O)(=O)Nc1cccc(-c2cc(-c3cnn([C@]4(CC#N)C[C@H](C#N)C4)n3)c3cccnc3c2)n1. The first-order valence-corrected chi connectivity index (χ1v) is 12.7. The molecule has 3 aromatic heterocycles. The third kappa shape index (κ3) is 4.29. The van der Waals surface area contributed by atoms with E-state index in [4.69, 9.17) is 5.10 Å². The summed E-state index contributed by atoms with van der Waals surface area (Å²) in [6.07, 6.45) is 5.73. The number of fused-ring (bicyclic) bond motifs is 1. The molecule has 35 heavy (non-hydrogen) atoms. The van der Waals surface area contributed by atoms with Crippen LogP contribution in [0.25, 0.3) is 33.4 Å². The van der Waals surface area contributed by atoms with Crippen LogP contribution in [-0.2, 0) is 15.6 Å². The first kappa shape index (κ1) is 22.4. The molecule has 1 aliphatic rings. The van der Waals surface area contributed by atoms with Crippen LogP contribution in [-0.4, -0.2) is 39.6 Å². The number of anilines is 1. The fraction of sp³-hybridized carbons (Fsp3) is 0.250. The lowest BCUT2D eigenvalue weighted by atomic mass is 9.68. The number of sulfonamides is 1. The van der Waals surface area contributed by atoms with Crippen LogP contribution in [0.4, 0.5) is 5.82 Å². The maximum Gasteiger partial charge on any atom is 0.230 e. The molecule has 3 heterocycles. The molecule has 1 saturated carbocycles. The van der Waals surface area contributed by atoms with Crippen LogP contribution >= 0.6 is 0 Å². The lowest BCUT2D eigenvalue weighted by Gasteiger charge is -2.42. The Balaban J connectivity index is 1.60. The Kier molecular flexibility index (Phi) is 5.42. The first-order valence-electron chi connectivity index (χ1n) is 10.8. The summed E-state index contributed by atoms with van der Waals surface area (Å²) in [5.74, 6) is 0.110. The summed E-state index contributed by atoms with van der Waals surface area (Å²) in [7, 11) is -3.47. The van der Waals surface area contributed by atoms with Crippen molar-refractivity contribution in [2.24, 2.45) is 5.92 Å². The molecule has 0 unspecified atom stereocenters. The number of nitrogens with one attached hydrogen (secondary N) is 1. The minimum atomic E-state index is -3.47. The van der Waals surface area contributed by atoms with Crippen LogP contribution < -0.4 is 4.72 Å². The molecule has 0 spiro atoms. The van der Waals surface area contributed by atoms with Crippen LogP contribution in [0, 0.1) is 28.6 Å². The Morgan fingerprint density at radius 1 is 1.17 bits per heavy atom. The van der Waals surface area contributed by atoms with Crippen molar-refractivity contribution in [2.45, 2.75) is 24.8 Å². The average Bonchev–Trinajstić information content (AvgIpc) is 3.30. The molecule has 4 aromatic rings. The third-order valence-electron chi connectivity index (χ3n) is 6.09. The quantitative estimate of drug-likeness (QED) is 0.437. The van der Waals surface area contributed by atoms with Gasteiger partial charge in [0.25, 0.3) is 0 Å². The average molecular weight is 485 g/mol. The van der Waals surface area contributed by atoms with E-state index in [1.165, 1.54) is 0 Å². The molecular weight excluding hydrogens is 464 g/mol. The van der Waals surface area contributed by atoms with Gasteiger partial charge >= 0.3 is 0 Å². The lowest BCUT2D eigenvalue weighted by molar-refractivity contribution is 0.0713. The number of hydrogen-bond donors (Lipinski definition) is 1. The van der Waals surface area contributed by atoms with Crippen molar-refractivity contribution < 1.29 is 8.42 Å². The van der Waals surface area contributed by atoms with Gasteiger partial charge in [0.05, 0.1) is 53.7 Å². The highest BCUT2D eigenvalue weighted by Crippen LogP contribution is 2.45. The largest absolute Gasteiger partial charge is 0.268 e. The molecule has 0 radical (unpaired) electrons. The predicted molar refractivity (Wildman–Crippen MR) is 129 cm³/mol. The van der Waals surface area contributed by atoms with Gasteiger partial charge in [-0.05, 0) is 43.2 Å². The van der Waals surface area contributed by atoms with Crippen LogP contribution in [0.1, 0.15) is 19.3 Å². The zero-order valence-electron chi connectivity index (χ0n) is 18.8.